The number of thiophene rings is 1. The van der Waals surface area contributed by atoms with Gasteiger partial charge in [-0.15, -0.1) is 11.3 Å². The Morgan fingerprint density at radius 3 is 2.47 bits per heavy atom. The molecule has 0 aliphatic rings. The largest absolute Gasteiger partial charge is 0.495 e. The third kappa shape index (κ3) is 2.63. The van der Waals surface area contributed by atoms with E-state index >= 15 is 0 Å². The van der Waals surface area contributed by atoms with E-state index in [-0.39, 0.29) is 6.04 Å². The van der Waals surface area contributed by atoms with E-state index in [0.717, 1.165) is 26.4 Å². The standard InChI is InChI=1S/C14H16BrNO2S/c1-8-6-7-19-14(8)12(16)9-4-5-10(17-2)11(15)13(9)18-3/h4-7,12H,16H2,1-3H3. The molecule has 1 atom stereocenters. The van der Waals surface area contributed by atoms with E-state index in [1.54, 1.807) is 25.6 Å². The lowest BCUT2D eigenvalue weighted by Crippen LogP contribution is -2.13. The van der Waals surface area contributed by atoms with Crippen LogP contribution < -0.4 is 15.2 Å². The Kier molecular flexibility index (Phi) is 4.50. The van der Waals surface area contributed by atoms with Crippen molar-refractivity contribution in [1.82, 2.24) is 0 Å². The molecule has 1 aromatic heterocycles. The third-order valence-electron chi connectivity index (χ3n) is 3.04. The summed E-state index contributed by atoms with van der Waals surface area (Å²) in [7, 11) is 3.26. The Balaban J connectivity index is 2.51. The van der Waals surface area contributed by atoms with Crippen molar-refractivity contribution in [2.45, 2.75) is 13.0 Å². The maximum Gasteiger partial charge on any atom is 0.141 e. The molecule has 19 heavy (non-hydrogen) atoms. The number of methoxy groups -OCH3 is 2. The van der Waals surface area contributed by atoms with Gasteiger partial charge in [-0.2, -0.15) is 0 Å². The van der Waals surface area contributed by atoms with Gasteiger partial charge >= 0.3 is 0 Å². The molecule has 0 amide bonds. The molecule has 5 heteroatoms. The van der Waals surface area contributed by atoms with Crippen LogP contribution in [0.15, 0.2) is 28.1 Å². The van der Waals surface area contributed by atoms with Crippen LogP contribution in [0.4, 0.5) is 0 Å². The van der Waals surface area contributed by atoms with Crippen LogP contribution in [-0.2, 0) is 0 Å². The second kappa shape index (κ2) is 5.94. The molecule has 2 rings (SSSR count). The van der Waals surface area contributed by atoms with Crippen LogP contribution in [0.3, 0.4) is 0 Å². The predicted octanol–water partition coefficient (Wildman–Crippen LogP) is 3.88. The zero-order valence-electron chi connectivity index (χ0n) is 11.1. The molecule has 0 spiro atoms. The lowest BCUT2D eigenvalue weighted by Gasteiger charge is -2.18. The van der Waals surface area contributed by atoms with E-state index < -0.39 is 0 Å². The molecule has 3 nitrogen and oxygen atoms in total. The maximum atomic E-state index is 6.37. The number of hydrogen-bond donors (Lipinski definition) is 1. The molecule has 0 bridgehead atoms. The SMILES string of the molecule is COc1ccc(C(N)c2sccc2C)c(OC)c1Br. The van der Waals surface area contributed by atoms with Gasteiger partial charge in [0, 0.05) is 10.4 Å². The van der Waals surface area contributed by atoms with Crippen LogP contribution in [-0.4, -0.2) is 14.2 Å². The zero-order chi connectivity index (χ0) is 14.0. The lowest BCUT2D eigenvalue weighted by atomic mass is 10.0. The van der Waals surface area contributed by atoms with E-state index in [1.807, 2.05) is 12.1 Å². The summed E-state index contributed by atoms with van der Waals surface area (Å²) < 4.78 is 11.5. The molecule has 102 valence electrons. The van der Waals surface area contributed by atoms with Crippen LogP contribution in [0.1, 0.15) is 22.0 Å². The smallest absolute Gasteiger partial charge is 0.141 e. The summed E-state index contributed by atoms with van der Waals surface area (Å²) in [5.41, 5.74) is 8.51. The summed E-state index contributed by atoms with van der Waals surface area (Å²) in [5.74, 6) is 1.45. The molecule has 1 unspecified atom stereocenters. The Morgan fingerprint density at radius 2 is 1.95 bits per heavy atom. The summed E-state index contributed by atoms with van der Waals surface area (Å²) in [4.78, 5) is 1.15. The van der Waals surface area contributed by atoms with Gasteiger partial charge in [-0.25, -0.2) is 0 Å². The van der Waals surface area contributed by atoms with E-state index in [0.29, 0.717) is 0 Å². The highest BCUT2D eigenvalue weighted by Gasteiger charge is 2.20. The first-order chi connectivity index (χ1) is 9.10. The van der Waals surface area contributed by atoms with Crippen molar-refractivity contribution in [2.75, 3.05) is 14.2 Å². The fourth-order valence-corrected chi connectivity index (χ4v) is 3.64. The molecule has 2 aromatic rings. The monoisotopic (exact) mass is 341 g/mol. The molecule has 0 fully saturated rings. The Labute approximate surface area is 125 Å². The average molecular weight is 342 g/mol. The molecule has 0 saturated heterocycles. The minimum Gasteiger partial charge on any atom is -0.495 e. The van der Waals surface area contributed by atoms with Crippen LogP contribution in [0.2, 0.25) is 0 Å². The molecule has 1 aromatic carbocycles. The minimum absolute atomic E-state index is 0.197. The van der Waals surface area contributed by atoms with Crippen LogP contribution in [0, 0.1) is 6.92 Å². The van der Waals surface area contributed by atoms with E-state index in [1.165, 1.54) is 5.56 Å². The van der Waals surface area contributed by atoms with Gasteiger partial charge in [0.15, 0.2) is 0 Å². The summed E-state index contributed by atoms with van der Waals surface area (Å²) in [5, 5.41) is 2.05. The summed E-state index contributed by atoms with van der Waals surface area (Å²) in [6.07, 6.45) is 0. The fraction of sp³-hybridized carbons (Fsp3) is 0.286. The van der Waals surface area contributed by atoms with Crippen molar-refractivity contribution in [3.63, 3.8) is 0 Å². The Hall–Kier alpha value is -1.04. The normalized spacial score (nSPS) is 12.3. The van der Waals surface area contributed by atoms with Gasteiger partial charge in [-0.3, -0.25) is 0 Å². The summed E-state index contributed by atoms with van der Waals surface area (Å²) >= 11 is 5.16. The van der Waals surface area contributed by atoms with Crippen molar-refractivity contribution in [1.29, 1.82) is 0 Å². The second-order valence-electron chi connectivity index (χ2n) is 4.15. The maximum absolute atomic E-state index is 6.37. The highest BCUT2D eigenvalue weighted by atomic mass is 79.9. The first-order valence-electron chi connectivity index (χ1n) is 5.80. The topological polar surface area (TPSA) is 44.5 Å². The van der Waals surface area contributed by atoms with Crippen molar-refractivity contribution in [3.05, 3.63) is 44.1 Å². The number of benzene rings is 1. The Bertz CT molecular complexity index is 583. The first kappa shape index (κ1) is 14.4. The van der Waals surface area contributed by atoms with Gasteiger partial charge < -0.3 is 15.2 Å². The third-order valence-corrected chi connectivity index (χ3v) is 4.89. The highest BCUT2D eigenvalue weighted by molar-refractivity contribution is 9.10. The Morgan fingerprint density at radius 1 is 1.21 bits per heavy atom. The molecular weight excluding hydrogens is 326 g/mol. The van der Waals surface area contributed by atoms with Gasteiger partial charge in [0.2, 0.25) is 0 Å². The van der Waals surface area contributed by atoms with Crippen molar-refractivity contribution in [2.24, 2.45) is 5.73 Å². The number of aryl methyl sites for hydroxylation is 1. The van der Waals surface area contributed by atoms with Gasteiger partial charge in [0.1, 0.15) is 16.0 Å². The molecule has 0 radical (unpaired) electrons. The van der Waals surface area contributed by atoms with Crippen molar-refractivity contribution in [3.8, 4) is 11.5 Å². The molecule has 0 aliphatic carbocycles. The van der Waals surface area contributed by atoms with Gasteiger partial charge in [-0.05, 0) is 52.0 Å². The lowest BCUT2D eigenvalue weighted by molar-refractivity contribution is 0.385. The molecule has 1 heterocycles. The van der Waals surface area contributed by atoms with Crippen LogP contribution in [0.25, 0.3) is 0 Å². The number of halogens is 1. The van der Waals surface area contributed by atoms with Gasteiger partial charge in [0.25, 0.3) is 0 Å². The quantitative estimate of drug-likeness (QED) is 0.917. The van der Waals surface area contributed by atoms with E-state index in [9.17, 15) is 0 Å². The number of rotatable bonds is 4. The fourth-order valence-electron chi connectivity index (χ4n) is 2.01. The minimum atomic E-state index is -0.197. The zero-order valence-corrected chi connectivity index (χ0v) is 13.5. The van der Waals surface area contributed by atoms with Gasteiger partial charge in [-0.1, -0.05) is 0 Å². The average Bonchev–Trinajstić information content (AvgIpc) is 2.83. The molecule has 0 aliphatic heterocycles. The molecule has 0 saturated carbocycles. The van der Waals surface area contributed by atoms with Crippen molar-refractivity contribution >= 4 is 27.3 Å². The predicted molar refractivity (Wildman–Crippen MR) is 82.3 cm³/mol. The first-order valence-corrected chi connectivity index (χ1v) is 7.47. The molecule has 2 N–H and O–H groups in total. The van der Waals surface area contributed by atoms with Crippen LogP contribution >= 0.6 is 27.3 Å². The summed E-state index contributed by atoms with van der Waals surface area (Å²) in [6, 6.07) is 5.72. The van der Waals surface area contributed by atoms with Crippen molar-refractivity contribution < 1.29 is 9.47 Å². The number of hydrogen-bond acceptors (Lipinski definition) is 4. The van der Waals surface area contributed by atoms with E-state index in [2.05, 4.69) is 34.3 Å². The summed E-state index contributed by atoms with van der Waals surface area (Å²) in [6.45, 7) is 2.07. The number of nitrogens with two attached hydrogens (primary N) is 1. The highest BCUT2D eigenvalue weighted by Crippen LogP contribution is 2.41. The second-order valence-corrected chi connectivity index (χ2v) is 5.89. The van der Waals surface area contributed by atoms with Crippen LogP contribution in [0.5, 0.6) is 11.5 Å². The number of ether oxygens (including phenoxy) is 2. The van der Waals surface area contributed by atoms with E-state index in [4.69, 9.17) is 15.2 Å². The molecular formula is C14H16BrNO2S. The van der Waals surface area contributed by atoms with Gasteiger partial charge in [0.05, 0.1) is 20.3 Å².